The van der Waals surface area contributed by atoms with Crippen LogP contribution in [-0.2, 0) is 14.3 Å². The number of amides is 1. The van der Waals surface area contributed by atoms with Crippen molar-refractivity contribution in [1.82, 2.24) is 4.90 Å². The van der Waals surface area contributed by atoms with Crippen LogP contribution in [0.1, 0.15) is 27.2 Å². The van der Waals surface area contributed by atoms with Crippen LogP contribution in [0.3, 0.4) is 0 Å². The van der Waals surface area contributed by atoms with Gasteiger partial charge in [-0.2, -0.15) is 0 Å². The average molecular weight is 258 g/mol. The number of carboxylic acid groups (broad SMARTS) is 1. The highest BCUT2D eigenvalue weighted by Crippen LogP contribution is 2.30. The van der Waals surface area contributed by atoms with Gasteiger partial charge >= 0.3 is 5.97 Å². The van der Waals surface area contributed by atoms with Crippen LogP contribution in [0.25, 0.3) is 0 Å². The van der Waals surface area contributed by atoms with Crippen LogP contribution in [0, 0.1) is 5.41 Å². The van der Waals surface area contributed by atoms with E-state index in [0.29, 0.717) is 13.2 Å². The van der Waals surface area contributed by atoms with Crippen LogP contribution >= 0.6 is 0 Å². The summed E-state index contributed by atoms with van der Waals surface area (Å²) in [6.07, 6.45) is -0.0594. The van der Waals surface area contributed by atoms with E-state index >= 15 is 0 Å². The molecule has 0 aromatic carbocycles. The summed E-state index contributed by atoms with van der Waals surface area (Å²) in [5, 5.41) is 8.72. The molecule has 1 heterocycles. The molecule has 0 aliphatic carbocycles. The number of nitrogens with two attached hydrogens (primary N) is 1. The molecule has 1 aliphatic rings. The Bertz CT molecular complexity index is 332. The monoisotopic (exact) mass is 258 g/mol. The van der Waals surface area contributed by atoms with Gasteiger partial charge in [-0.15, -0.1) is 0 Å². The number of hydrogen-bond donors (Lipinski definition) is 2. The van der Waals surface area contributed by atoms with Gasteiger partial charge in [-0.3, -0.25) is 9.59 Å². The predicted molar refractivity (Wildman–Crippen MR) is 66.0 cm³/mol. The lowest BCUT2D eigenvalue weighted by atomic mass is 9.84. The summed E-state index contributed by atoms with van der Waals surface area (Å²) in [5.74, 6) is -1.03. The lowest BCUT2D eigenvalue weighted by molar-refractivity contribution is -0.145. The maximum atomic E-state index is 12.5. The van der Waals surface area contributed by atoms with Crippen molar-refractivity contribution >= 4 is 11.9 Å². The van der Waals surface area contributed by atoms with E-state index in [-0.39, 0.29) is 31.0 Å². The third kappa shape index (κ3) is 3.00. The number of carboxylic acids is 1. The molecule has 6 heteroatoms. The molecule has 1 fully saturated rings. The largest absolute Gasteiger partial charge is 0.481 e. The summed E-state index contributed by atoms with van der Waals surface area (Å²) in [6.45, 7) is 6.38. The topological polar surface area (TPSA) is 92.9 Å². The van der Waals surface area contributed by atoms with E-state index in [1.54, 1.807) is 11.8 Å². The van der Waals surface area contributed by atoms with Gasteiger partial charge in [0.15, 0.2) is 0 Å². The summed E-state index contributed by atoms with van der Waals surface area (Å²) < 4.78 is 5.26. The van der Waals surface area contributed by atoms with Crippen molar-refractivity contribution in [3.63, 3.8) is 0 Å². The molecule has 6 nitrogen and oxygen atoms in total. The van der Waals surface area contributed by atoms with Crippen molar-refractivity contribution in [2.45, 2.75) is 39.3 Å². The number of carbonyl (C=O) groups excluding carboxylic acids is 1. The Hall–Kier alpha value is -1.14. The maximum absolute atomic E-state index is 12.5. The van der Waals surface area contributed by atoms with Crippen LogP contribution < -0.4 is 5.73 Å². The van der Waals surface area contributed by atoms with Crippen LogP contribution in [0.2, 0.25) is 0 Å². The number of hydrogen-bond acceptors (Lipinski definition) is 4. The molecule has 1 aliphatic heterocycles. The second kappa shape index (κ2) is 5.67. The first-order valence-electron chi connectivity index (χ1n) is 6.15. The zero-order chi connectivity index (χ0) is 13.9. The van der Waals surface area contributed by atoms with Crippen molar-refractivity contribution in [1.29, 1.82) is 0 Å². The molecule has 0 aromatic rings. The van der Waals surface area contributed by atoms with E-state index in [1.165, 1.54) is 0 Å². The fraction of sp³-hybridized carbons (Fsp3) is 0.833. The molecular weight excluding hydrogens is 236 g/mol. The molecule has 0 bridgehead atoms. The highest BCUT2D eigenvalue weighted by Gasteiger charge is 2.46. The minimum Gasteiger partial charge on any atom is -0.481 e. The molecule has 0 radical (unpaired) electrons. The van der Waals surface area contributed by atoms with Crippen LogP contribution in [0.4, 0.5) is 0 Å². The minimum atomic E-state index is -0.912. The second-order valence-electron chi connectivity index (χ2n) is 5.28. The first-order chi connectivity index (χ1) is 8.29. The van der Waals surface area contributed by atoms with Crippen LogP contribution in [-0.4, -0.2) is 53.7 Å². The molecule has 0 spiro atoms. The van der Waals surface area contributed by atoms with Gasteiger partial charge in [-0.1, -0.05) is 0 Å². The van der Waals surface area contributed by atoms with E-state index in [2.05, 4.69) is 0 Å². The first kappa shape index (κ1) is 14.9. The zero-order valence-corrected chi connectivity index (χ0v) is 11.2. The number of rotatable bonds is 5. The Morgan fingerprint density at radius 2 is 2.17 bits per heavy atom. The third-order valence-electron chi connectivity index (χ3n) is 3.46. The third-order valence-corrected chi connectivity index (χ3v) is 3.46. The molecular formula is C12H22N2O4. The highest BCUT2D eigenvalue weighted by atomic mass is 16.5. The van der Waals surface area contributed by atoms with Crippen molar-refractivity contribution in [3.8, 4) is 0 Å². The van der Waals surface area contributed by atoms with Gasteiger partial charge in [-0.05, 0) is 20.8 Å². The minimum absolute atomic E-state index is 0.0542. The second-order valence-corrected chi connectivity index (χ2v) is 5.28. The number of aliphatic carboxylic acids is 1. The van der Waals surface area contributed by atoms with Crippen molar-refractivity contribution < 1.29 is 19.4 Å². The van der Waals surface area contributed by atoms with Crippen molar-refractivity contribution in [2.24, 2.45) is 11.1 Å². The fourth-order valence-corrected chi connectivity index (χ4v) is 2.05. The molecule has 0 saturated carbocycles. The summed E-state index contributed by atoms with van der Waals surface area (Å²) in [7, 11) is 0. The quantitative estimate of drug-likeness (QED) is 0.727. The lowest BCUT2D eigenvalue weighted by Crippen LogP contribution is -2.53. The van der Waals surface area contributed by atoms with Gasteiger partial charge in [0.05, 0.1) is 25.0 Å². The Balaban J connectivity index is 2.79. The molecule has 1 amide bonds. The summed E-state index contributed by atoms with van der Waals surface area (Å²) >= 11 is 0. The Labute approximate surface area is 107 Å². The first-order valence-corrected chi connectivity index (χ1v) is 6.15. The van der Waals surface area contributed by atoms with E-state index in [9.17, 15) is 9.59 Å². The van der Waals surface area contributed by atoms with E-state index in [4.69, 9.17) is 15.6 Å². The van der Waals surface area contributed by atoms with Crippen molar-refractivity contribution in [3.05, 3.63) is 0 Å². The Kier molecular flexibility index (Phi) is 4.70. The van der Waals surface area contributed by atoms with Crippen LogP contribution in [0.5, 0.6) is 0 Å². The molecule has 0 aromatic heterocycles. The summed E-state index contributed by atoms with van der Waals surface area (Å²) in [6, 6.07) is -0.391. The molecule has 1 saturated heterocycles. The Morgan fingerprint density at radius 3 is 2.56 bits per heavy atom. The van der Waals surface area contributed by atoms with E-state index < -0.39 is 11.4 Å². The van der Waals surface area contributed by atoms with Gasteiger partial charge in [-0.25, -0.2) is 0 Å². The normalized spacial score (nSPS) is 27.5. The predicted octanol–water partition coefficient (Wildman–Crippen LogP) is 0.0619. The van der Waals surface area contributed by atoms with Gasteiger partial charge < -0.3 is 20.5 Å². The van der Waals surface area contributed by atoms with Crippen molar-refractivity contribution in [2.75, 3.05) is 19.8 Å². The van der Waals surface area contributed by atoms with E-state index in [1.807, 2.05) is 13.8 Å². The smallest absolute Gasteiger partial charge is 0.305 e. The lowest BCUT2D eigenvalue weighted by Gasteiger charge is -2.35. The number of carbonyl (C=O) groups is 2. The van der Waals surface area contributed by atoms with Gasteiger partial charge in [0, 0.05) is 18.6 Å². The molecule has 2 unspecified atom stereocenters. The Morgan fingerprint density at radius 1 is 1.56 bits per heavy atom. The van der Waals surface area contributed by atoms with Gasteiger partial charge in [0.2, 0.25) is 5.91 Å². The number of ether oxygens (including phenoxy) is 1. The fourth-order valence-electron chi connectivity index (χ4n) is 2.05. The highest BCUT2D eigenvalue weighted by molar-refractivity contribution is 5.84. The maximum Gasteiger partial charge on any atom is 0.305 e. The SMILES string of the molecule is CC(C)N(CCC(=O)O)C(=O)C1(C)COCC1N. The van der Waals surface area contributed by atoms with Crippen LogP contribution in [0.15, 0.2) is 0 Å². The summed E-state index contributed by atoms with van der Waals surface area (Å²) in [5.41, 5.74) is 5.17. The molecule has 2 atom stereocenters. The summed E-state index contributed by atoms with van der Waals surface area (Å²) in [4.78, 5) is 24.7. The molecule has 1 rings (SSSR count). The van der Waals surface area contributed by atoms with Gasteiger partial charge in [0.25, 0.3) is 0 Å². The molecule has 18 heavy (non-hydrogen) atoms. The molecule has 3 N–H and O–H groups in total. The zero-order valence-electron chi connectivity index (χ0n) is 11.2. The molecule has 104 valence electrons. The van der Waals surface area contributed by atoms with Gasteiger partial charge in [0.1, 0.15) is 0 Å². The average Bonchev–Trinajstić information content (AvgIpc) is 2.59. The number of nitrogens with zero attached hydrogens (tertiary/aromatic N) is 1. The van der Waals surface area contributed by atoms with E-state index in [0.717, 1.165) is 0 Å². The standard InChI is InChI=1S/C12H22N2O4/c1-8(2)14(5-4-10(15)16)11(17)12(3)7-18-6-9(12)13/h8-9H,4-7,13H2,1-3H3,(H,15,16).